The zero-order chi connectivity index (χ0) is 20.8. The summed E-state index contributed by atoms with van der Waals surface area (Å²) >= 11 is 0. The maximum Gasteiger partial charge on any atom is 0.291 e. The predicted molar refractivity (Wildman–Crippen MR) is 110 cm³/mol. The van der Waals surface area contributed by atoms with E-state index < -0.39 is 0 Å². The van der Waals surface area contributed by atoms with Crippen LogP contribution in [0.3, 0.4) is 0 Å². The molecule has 0 radical (unpaired) electrons. The van der Waals surface area contributed by atoms with Crippen LogP contribution in [-0.4, -0.2) is 53.5 Å². The van der Waals surface area contributed by atoms with E-state index in [4.69, 9.17) is 5.26 Å². The molecule has 0 spiro atoms. The summed E-state index contributed by atoms with van der Waals surface area (Å²) in [4.78, 5) is 32.0. The van der Waals surface area contributed by atoms with Crippen molar-refractivity contribution in [2.45, 2.75) is 32.2 Å². The lowest BCUT2D eigenvalue weighted by atomic mass is 10.1. The van der Waals surface area contributed by atoms with Gasteiger partial charge in [-0.05, 0) is 64.5 Å². The van der Waals surface area contributed by atoms with Gasteiger partial charge in [0.1, 0.15) is 5.69 Å². The van der Waals surface area contributed by atoms with Crippen LogP contribution in [0.25, 0.3) is 0 Å². The van der Waals surface area contributed by atoms with Crippen LogP contribution in [0.5, 0.6) is 0 Å². The molecular weight excluding hydrogens is 368 g/mol. The van der Waals surface area contributed by atoms with Crippen LogP contribution in [0.15, 0.2) is 24.3 Å². The van der Waals surface area contributed by atoms with Gasteiger partial charge >= 0.3 is 0 Å². The number of nitriles is 1. The molecule has 1 aromatic carbocycles. The third-order valence-corrected chi connectivity index (χ3v) is 4.85. The number of aromatic nitrogens is 2. The van der Waals surface area contributed by atoms with E-state index >= 15 is 0 Å². The van der Waals surface area contributed by atoms with Crippen molar-refractivity contribution in [2.75, 3.05) is 32.5 Å². The maximum atomic E-state index is 12.8. The van der Waals surface area contributed by atoms with E-state index in [1.54, 1.807) is 24.3 Å². The number of hydrogen-bond donors (Lipinski definition) is 2. The SMILES string of the molecule is CN(C)CCCNC(=O)c1nc(C(=O)Nc2cccc(C#N)c2)n2c1CCCC2. The number of carbonyl (C=O) groups is 2. The monoisotopic (exact) mass is 394 g/mol. The molecule has 2 amide bonds. The van der Waals surface area contributed by atoms with Crippen LogP contribution in [0, 0.1) is 11.3 Å². The van der Waals surface area contributed by atoms with Gasteiger partial charge in [-0.2, -0.15) is 5.26 Å². The van der Waals surface area contributed by atoms with Crippen LogP contribution in [0.4, 0.5) is 5.69 Å². The lowest BCUT2D eigenvalue weighted by Crippen LogP contribution is -2.28. The first kappa shape index (κ1) is 20.6. The minimum absolute atomic E-state index is 0.236. The van der Waals surface area contributed by atoms with E-state index in [2.05, 4.69) is 26.6 Å². The molecule has 2 aromatic rings. The Morgan fingerprint density at radius 1 is 1.28 bits per heavy atom. The van der Waals surface area contributed by atoms with Crippen molar-refractivity contribution in [1.82, 2.24) is 19.8 Å². The molecule has 8 heteroatoms. The van der Waals surface area contributed by atoms with Crippen LogP contribution >= 0.6 is 0 Å². The van der Waals surface area contributed by atoms with Gasteiger partial charge in [0.25, 0.3) is 11.8 Å². The van der Waals surface area contributed by atoms with Gasteiger partial charge in [-0.25, -0.2) is 4.98 Å². The Morgan fingerprint density at radius 3 is 2.86 bits per heavy atom. The molecule has 1 aliphatic heterocycles. The van der Waals surface area contributed by atoms with Crippen LogP contribution in [-0.2, 0) is 13.0 Å². The molecule has 0 unspecified atom stereocenters. The molecule has 0 saturated heterocycles. The highest BCUT2D eigenvalue weighted by atomic mass is 16.2. The summed E-state index contributed by atoms with van der Waals surface area (Å²) in [5.41, 5.74) is 2.14. The van der Waals surface area contributed by atoms with Gasteiger partial charge in [0, 0.05) is 18.8 Å². The highest BCUT2D eigenvalue weighted by molar-refractivity contribution is 6.03. The van der Waals surface area contributed by atoms with Gasteiger partial charge in [0.05, 0.1) is 17.3 Å². The first-order valence-electron chi connectivity index (χ1n) is 9.83. The number of carbonyl (C=O) groups excluding carboxylic acids is 2. The molecule has 0 saturated carbocycles. The molecule has 0 atom stereocenters. The topological polar surface area (TPSA) is 103 Å². The van der Waals surface area contributed by atoms with Gasteiger partial charge in [-0.15, -0.1) is 0 Å². The molecule has 0 fully saturated rings. The summed E-state index contributed by atoms with van der Waals surface area (Å²) in [6.07, 6.45) is 3.48. The normalized spacial score (nSPS) is 12.9. The van der Waals surface area contributed by atoms with Crippen molar-refractivity contribution in [3.63, 3.8) is 0 Å². The summed E-state index contributed by atoms with van der Waals surface area (Å²) in [6, 6.07) is 8.76. The van der Waals surface area contributed by atoms with Gasteiger partial charge < -0.3 is 20.1 Å². The van der Waals surface area contributed by atoms with Crippen molar-refractivity contribution in [3.05, 3.63) is 47.0 Å². The molecule has 2 heterocycles. The third kappa shape index (κ3) is 5.00. The lowest BCUT2D eigenvalue weighted by Gasteiger charge is -2.17. The Morgan fingerprint density at radius 2 is 2.10 bits per heavy atom. The molecule has 2 N–H and O–H groups in total. The van der Waals surface area contributed by atoms with Crippen LogP contribution < -0.4 is 10.6 Å². The molecule has 152 valence electrons. The Balaban J connectivity index is 1.77. The quantitative estimate of drug-likeness (QED) is 0.700. The summed E-state index contributed by atoms with van der Waals surface area (Å²) in [6.45, 7) is 2.11. The molecule has 29 heavy (non-hydrogen) atoms. The van der Waals surface area contributed by atoms with E-state index in [1.807, 2.05) is 18.7 Å². The second-order valence-corrected chi connectivity index (χ2v) is 7.40. The second kappa shape index (κ2) is 9.34. The summed E-state index contributed by atoms with van der Waals surface area (Å²) in [5, 5.41) is 14.7. The minimum Gasteiger partial charge on any atom is -0.351 e. The predicted octanol–water partition coefficient (Wildman–Crippen LogP) is 2.02. The molecule has 1 aliphatic rings. The number of benzene rings is 1. The fraction of sp³-hybridized carbons (Fsp3) is 0.429. The average Bonchev–Trinajstić information content (AvgIpc) is 3.11. The number of nitrogens with zero attached hydrogens (tertiary/aromatic N) is 4. The zero-order valence-electron chi connectivity index (χ0n) is 16.9. The molecular formula is C21H26N6O2. The number of amides is 2. The van der Waals surface area contributed by atoms with E-state index in [-0.39, 0.29) is 17.6 Å². The summed E-state index contributed by atoms with van der Waals surface area (Å²) in [7, 11) is 3.98. The summed E-state index contributed by atoms with van der Waals surface area (Å²) < 4.78 is 1.85. The Kier molecular flexibility index (Phi) is 6.62. The van der Waals surface area contributed by atoms with E-state index in [1.165, 1.54) is 0 Å². The number of fused-ring (bicyclic) bond motifs is 1. The molecule has 1 aromatic heterocycles. The largest absolute Gasteiger partial charge is 0.351 e. The Hall–Kier alpha value is -3.18. The van der Waals surface area contributed by atoms with Gasteiger partial charge in [-0.3, -0.25) is 9.59 Å². The fourth-order valence-electron chi connectivity index (χ4n) is 3.43. The molecule has 0 bridgehead atoms. The maximum absolute atomic E-state index is 12.8. The number of nitrogens with one attached hydrogen (secondary N) is 2. The highest BCUT2D eigenvalue weighted by Crippen LogP contribution is 2.22. The van der Waals surface area contributed by atoms with Crippen molar-refractivity contribution in [2.24, 2.45) is 0 Å². The van der Waals surface area contributed by atoms with E-state index in [9.17, 15) is 9.59 Å². The molecule has 8 nitrogen and oxygen atoms in total. The second-order valence-electron chi connectivity index (χ2n) is 7.40. The van der Waals surface area contributed by atoms with Crippen LogP contribution in [0.2, 0.25) is 0 Å². The highest BCUT2D eigenvalue weighted by Gasteiger charge is 2.27. The Bertz CT molecular complexity index is 941. The Labute approximate surface area is 170 Å². The fourth-order valence-corrected chi connectivity index (χ4v) is 3.43. The van der Waals surface area contributed by atoms with Crippen LogP contribution in [0.1, 0.15) is 51.6 Å². The number of rotatable bonds is 7. The third-order valence-electron chi connectivity index (χ3n) is 4.85. The first-order valence-corrected chi connectivity index (χ1v) is 9.83. The van der Waals surface area contributed by atoms with Crippen molar-refractivity contribution in [1.29, 1.82) is 5.26 Å². The zero-order valence-corrected chi connectivity index (χ0v) is 16.9. The average molecular weight is 394 g/mol. The van der Waals surface area contributed by atoms with Crippen molar-refractivity contribution in [3.8, 4) is 6.07 Å². The van der Waals surface area contributed by atoms with Gasteiger partial charge in [0.15, 0.2) is 5.82 Å². The van der Waals surface area contributed by atoms with E-state index in [0.29, 0.717) is 30.0 Å². The lowest BCUT2D eigenvalue weighted by molar-refractivity contribution is 0.0946. The standard InChI is InChI=1S/C21H26N6O2/c1-26(2)11-6-10-23-20(28)18-17-9-3-4-12-27(17)19(25-18)21(29)24-16-8-5-7-15(13-16)14-22/h5,7-8,13H,3-4,6,9-12H2,1-2H3,(H,23,28)(H,24,29). The first-order chi connectivity index (χ1) is 14.0. The number of anilines is 1. The number of imidazole rings is 1. The molecule has 3 rings (SSSR count). The van der Waals surface area contributed by atoms with Crippen molar-refractivity contribution >= 4 is 17.5 Å². The van der Waals surface area contributed by atoms with Crippen molar-refractivity contribution < 1.29 is 9.59 Å². The number of hydrogen-bond acceptors (Lipinski definition) is 5. The smallest absolute Gasteiger partial charge is 0.291 e. The minimum atomic E-state index is -0.380. The summed E-state index contributed by atoms with van der Waals surface area (Å²) in [5.74, 6) is -0.379. The molecule has 0 aliphatic carbocycles. The van der Waals surface area contributed by atoms with E-state index in [0.717, 1.165) is 37.9 Å². The van der Waals surface area contributed by atoms with Gasteiger partial charge in [-0.1, -0.05) is 6.07 Å². The van der Waals surface area contributed by atoms with Gasteiger partial charge in [0.2, 0.25) is 0 Å².